The summed E-state index contributed by atoms with van der Waals surface area (Å²) >= 11 is 5.78. The molecule has 23 heavy (non-hydrogen) atoms. The maximum absolute atomic E-state index is 9.64. The van der Waals surface area contributed by atoms with Gasteiger partial charge in [0.2, 0.25) is 0 Å². The van der Waals surface area contributed by atoms with Gasteiger partial charge in [0.15, 0.2) is 0 Å². The molecule has 0 aliphatic heterocycles. The fourth-order valence-electron chi connectivity index (χ4n) is 1.28. The summed E-state index contributed by atoms with van der Waals surface area (Å²) in [5, 5.41) is 19.3. The summed E-state index contributed by atoms with van der Waals surface area (Å²) in [6.45, 7) is 26.5. The summed E-state index contributed by atoms with van der Waals surface area (Å²) in [7, 11) is 0. The molecule has 0 spiro atoms. The lowest BCUT2D eigenvalue weighted by Gasteiger charge is -2.20. The van der Waals surface area contributed by atoms with Crippen LogP contribution in [0.25, 0.3) is 0 Å². The fraction of sp³-hybridized carbons (Fsp3) is 0.600. The van der Waals surface area contributed by atoms with Crippen LogP contribution in [0.15, 0.2) is 46.2 Å². The molecule has 1 unspecified atom stereocenters. The van der Waals surface area contributed by atoms with Crippen molar-refractivity contribution in [1.29, 1.82) is 0 Å². The van der Waals surface area contributed by atoms with Gasteiger partial charge in [-0.1, -0.05) is 65.0 Å². The smallest absolute Gasteiger partial charge is 0.101 e. The van der Waals surface area contributed by atoms with Crippen molar-refractivity contribution >= 4 is 11.6 Å². The van der Waals surface area contributed by atoms with Gasteiger partial charge in [-0.05, 0) is 51.3 Å². The predicted octanol–water partition coefficient (Wildman–Crippen LogP) is 6.92. The second kappa shape index (κ2) is 12.4. The van der Waals surface area contributed by atoms with Gasteiger partial charge in [-0.2, -0.15) is 0 Å². The molecule has 0 radical (unpaired) electrons. The van der Waals surface area contributed by atoms with E-state index < -0.39 is 6.10 Å². The third-order valence-electron chi connectivity index (χ3n) is 3.05. The van der Waals surface area contributed by atoms with E-state index in [1.165, 1.54) is 0 Å². The van der Waals surface area contributed by atoms with E-state index in [4.69, 9.17) is 16.7 Å². The quantitative estimate of drug-likeness (QED) is 0.430. The van der Waals surface area contributed by atoms with Crippen LogP contribution in [0.1, 0.15) is 69.2 Å². The molecule has 0 heterocycles. The van der Waals surface area contributed by atoms with Crippen LogP contribution >= 0.6 is 11.6 Å². The Balaban J connectivity index is -0.000000315. The lowest BCUT2D eigenvalue weighted by Crippen LogP contribution is -2.11. The SMILES string of the molecule is C=C(C)/C(C)=C(\O)C(C)(C)C.C=C(C)/C(Cl)=C(/C)C(C)O.CC. The molecule has 0 aromatic heterocycles. The Morgan fingerprint density at radius 1 is 0.957 bits per heavy atom. The average Bonchev–Trinajstić information content (AvgIpc) is 2.45. The van der Waals surface area contributed by atoms with Crippen LogP contribution in [-0.4, -0.2) is 16.3 Å². The second-order valence-corrected chi connectivity index (χ2v) is 6.84. The molecule has 2 N–H and O–H groups in total. The van der Waals surface area contributed by atoms with E-state index in [0.717, 1.165) is 22.3 Å². The number of rotatable bonds is 3. The van der Waals surface area contributed by atoms with Gasteiger partial charge in [-0.25, -0.2) is 0 Å². The Hall–Kier alpha value is -0.990. The molecule has 0 aliphatic carbocycles. The first-order valence-corrected chi connectivity index (χ1v) is 8.37. The fourth-order valence-corrected chi connectivity index (χ4v) is 1.44. The molecule has 2 nitrogen and oxygen atoms in total. The number of aliphatic hydroxyl groups is 2. The second-order valence-electron chi connectivity index (χ2n) is 6.46. The van der Waals surface area contributed by atoms with E-state index in [0.29, 0.717) is 10.8 Å². The van der Waals surface area contributed by atoms with Crippen molar-refractivity contribution < 1.29 is 10.2 Å². The van der Waals surface area contributed by atoms with E-state index in [1.54, 1.807) is 13.8 Å². The normalized spacial score (nSPS) is 14.1. The Morgan fingerprint density at radius 3 is 1.39 bits per heavy atom. The molecule has 0 aromatic rings. The molecule has 0 fully saturated rings. The van der Waals surface area contributed by atoms with Crippen molar-refractivity contribution in [3.63, 3.8) is 0 Å². The highest BCUT2D eigenvalue weighted by Gasteiger charge is 2.18. The first-order valence-electron chi connectivity index (χ1n) is 7.99. The van der Waals surface area contributed by atoms with Gasteiger partial charge in [0, 0.05) is 10.4 Å². The van der Waals surface area contributed by atoms with E-state index >= 15 is 0 Å². The van der Waals surface area contributed by atoms with Gasteiger partial charge < -0.3 is 10.2 Å². The van der Waals surface area contributed by atoms with Crippen molar-refractivity contribution in [3.8, 4) is 0 Å². The van der Waals surface area contributed by atoms with Gasteiger partial charge in [0.1, 0.15) is 5.76 Å². The molecular formula is C20H37ClO2. The zero-order chi connectivity index (χ0) is 19.5. The van der Waals surface area contributed by atoms with Crippen LogP contribution in [0.4, 0.5) is 0 Å². The van der Waals surface area contributed by atoms with Crippen LogP contribution in [0.3, 0.4) is 0 Å². The molecule has 0 amide bonds. The maximum atomic E-state index is 9.64. The largest absolute Gasteiger partial charge is 0.511 e. The Morgan fingerprint density at radius 2 is 1.30 bits per heavy atom. The molecule has 0 rings (SSSR count). The zero-order valence-corrected chi connectivity index (χ0v) is 17.5. The van der Waals surface area contributed by atoms with E-state index in [-0.39, 0.29) is 5.41 Å². The summed E-state index contributed by atoms with van der Waals surface area (Å²) in [6, 6.07) is 0. The molecule has 0 aliphatic rings. The van der Waals surface area contributed by atoms with Gasteiger partial charge >= 0.3 is 0 Å². The van der Waals surface area contributed by atoms with Crippen LogP contribution in [-0.2, 0) is 0 Å². The number of hydrogen-bond acceptors (Lipinski definition) is 2. The number of hydrogen-bond donors (Lipinski definition) is 2. The highest BCUT2D eigenvalue weighted by Crippen LogP contribution is 2.27. The Kier molecular flexibility index (Phi) is 14.5. The monoisotopic (exact) mass is 344 g/mol. The first kappa shape index (κ1) is 26.9. The lowest BCUT2D eigenvalue weighted by atomic mass is 9.89. The Bertz CT molecular complexity index is 447. The van der Waals surface area contributed by atoms with Crippen molar-refractivity contribution in [2.45, 2.75) is 75.3 Å². The standard InChI is InChI=1S/C10H18O.C8H13ClO.C2H6/c1-7(2)8(3)9(11)10(4,5)6;1-5(2)8(9)6(3)7(4)10;1-2/h11H,1H2,2-6H3;7,10H,1H2,2-4H3;1-2H3/b9-8-;8-6+;. The van der Waals surface area contributed by atoms with E-state index in [9.17, 15) is 5.11 Å². The average molecular weight is 345 g/mol. The molecule has 0 saturated heterocycles. The lowest BCUT2D eigenvalue weighted by molar-refractivity contribution is 0.231. The number of halogens is 1. The molecule has 136 valence electrons. The molecule has 0 aromatic carbocycles. The third kappa shape index (κ3) is 12.1. The van der Waals surface area contributed by atoms with Gasteiger partial charge in [0.05, 0.1) is 6.10 Å². The summed E-state index contributed by atoms with van der Waals surface area (Å²) in [4.78, 5) is 0. The molecule has 1 atom stereocenters. The van der Waals surface area contributed by atoms with Crippen molar-refractivity contribution in [3.05, 3.63) is 46.2 Å². The van der Waals surface area contributed by atoms with E-state index in [2.05, 4.69) is 13.2 Å². The van der Waals surface area contributed by atoms with Crippen LogP contribution in [0.5, 0.6) is 0 Å². The first-order chi connectivity index (χ1) is 10.2. The Labute approximate surface area is 149 Å². The van der Waals surface area contributed by atoms with Crippen molar-refractivity contribution in [1.82, 2.24) is 0 Å². The van der Waals surface area contributed by atoms with Crippen LogP contribution in [0, 0.1) is 5.41 Å². The van der Waals surface area contributed by atoms with Crippen LogP contribution in [0.2, 0.25) is 0 Å². The summed E-state index contributed by atoms with van der Waals surface area (Å²) in [5.41, 5.74) is 3.23. The maximum Gasteiger partial charge on any atom is 0.101 e. The minimum absolute atomic E-state index is 0.164. The minimum Gasteiger partial charge on any atom is -0.511 e. The van der Waals surface area contributed by atoms with Gasteiger partial charge in [-0.15, -0.1) is 0 Å². The van der Waals surface area contributed by atoms with Crippen molar-refractivity contribution in [2.75, 3.05) is 0 Å². The summed E-state index contributed by atoms with van der Waals surface area (Å²) in [6.07, 6.45) is -0.482. The zero-order valence-electron chi connectivity index (χ0n) is 16.8. The minimum atomic E-state index is -0.482. The highest BCUT2D eigenvalue weighted by molar-refractivity contribution is 6.32. The summed E-state index contributed by atoms with van der Waals surface area (Å²) in [5.74, 6) is 0.435. The molecule has 0 saturated carbocycles. The number of aliphatic hydroxyl groups excluding tert-OH is 2. The topological polar surface area (TPSA) is 40.5 Å². The van der Waals surface area contributed by atoms with Gasteiger partial charge in [-0.3, -0.25) is 0 Å². The van der Waals surface area contributed by atoms with Crippen molar-refractivity contribution in [2.24, 2.45) is 5.41 Å². The number of allylic oxidation sites excluding steroid dienone is 5. The highest BCUT2D eigenvalue weighted by atomic mass is 35.5. The predicted molar refractivity (Wildman–Crippen MR) is 106 cm³/mol. The third-order valence-corrected chi connectivity index (χ3v) is 3.67. The van der Waals surface area contributed by atoms with Gasteiger partial charge in [0.25, 0.3) is 0 Å². The molecular weight excluding hydrogens is 308 g/mol. The molecule has 0 bridgehead atoms. The van der Waals surface area contributed by atoms with E-state index in [1.807, 2.05) is 55.4 Å². The molecule has 3 heteroatoms. The summed E-state index contributed by atoms with van der Waals surface area (Å²) < 4.78 is 0. The van der Waals surface area contributed by atoms with Crippen LogP contribution < -0.4 is 0 Å².